The number of pyridine rings is 1. The van der Waals surface area contributed by atoms with Crippen LogP contribution in [0.2, 0.25) is 0 Å². The van der Waals surface area contributed by atoms with E-state index in [-0.39, 0.29) is 12.5 Å². The van der Waals surface area contributed by atoms with Gasteiger partial charge < -0.3 is 15.4 Å². The molecule has 5 nitrogen and oxygen atoms in total. The largest absolute Gasteiger partial charge is 0.482 e. The Labute approximate surface area is 121 Å². The molecule has 0 aliphatic heterocycles. The van der Waals surface area contributed by atoms with E-state index in [4.69, 9.17) is 4.74 Å². The zero-order valence-electron chi connectivity index (χ0n) is 12.6. The van der Waals surface area contributed by atoms with Crippen LogP contribution in [0.15, 0.2) is 18.3 Å². The van der Waals surface area contributed by atoms with E-state index >= 15 is 0 Å². The first-order valence-electron chi connectivity index (χ1n) is 7.19. The molecule has 0 atom stereocenters. The average Bonchev–Trinajstić information content (AvgIpc) is 2.44. The SMILES string of the molecule is CCCCNC(=O)COc1ccc(CNC(C)C)nc1. The first-order chi connectivity index (χ1) is 9.61. The second-order valence-electron chi connectivity index (χ2n) is 5.01. The van der Waals surface area contributed by atoms with Gasteiger partial charge in [-0.2, -0.15) is 0 Å². The van der Waals surface area contributed by atoms with Crippen molar-refractivity contribution in [1.82, 2.24) is 15.6 Å². The lowest BCUT2D eigenvalue weighted by Gasteiger charge is -2.09. The average molecular weight is 279 g/mol. The number of carbonyl (C=O) groups excluding carboxylic acids is 1. The summed E-state index contributed by atoms with van der Waals surface area (Å²) in [5.41, 5.74) is 0.957. The third-order valence-corrected chi connectivity index (χ3v) is 2.71. The molecule has 1 aromatic rings. The molecule has 20 heavy (non-hydrogen) atoms. The van der Waals surface area contributed by atoms with Gasteiger partial charge in [0.2, 0.25) is 0 Å². The second kappa shape index (κ2) is 9.31. The lowest BCUT2D eigenvalue weighted by molar-refractivity contribution is -0.123. The van der Waals surface area contributed by atoms with Crippen LogP contribution in [0.4, 0.5) is 0 Å². The van der Waals surface area contributed by atoms with Gasteiger partial charge in [0.05, 0.1) is 11.9 Å². The van der Waals surface area contributed by atoms with Gasteiger partial charge in [0.25, 0.3) is 5.91 Å². The molecule has 1 rings (SSSR count). The molecule has 0 aromatic carbocycles. The Bertz CT molecular complexity index is 391. The highest BCUT2D eigenvalue weighted by Crippen LogP contribution is 2.08. The summed E-state index contributed by atoms with van der Waals surface area (Å²) in [6.07, 6.45) is 3.71. The van der Waals surface area contributed by atoms with E-state index in [9.17, 15) is 4.79 Å². The predicted octanol–water partition coefficient (Wildman–Crippen LogP) is 1.87. The predicted molar refractivity (Wildman–Crippen MR) is 79.6 cm³/mol. The van der Waals surface area contributed by atoms with Crippen LogP contribution in [0.25, 0.3) is 0 Å². The Hall–Kier alpha value is -1.62. The highest BCUT2D eigenvalue weighted by Gasteiger charge is 2.03. The number of hydrogen-bond donors (Lipinski definition) is 2. The number of ether oxygens (including phenoxy) is 1. The van der Waals surface area contributed by atoms with Crippen LogP contribution in [0.5, 0.6) is 5.75 Å². The number of nitrogens with zero attached hydrogens (tertiary/aromatic N) is 1. The van der Waals surface area contributed by atoms with Crippen LogP contribution in [0.1, 0.15) is 39.3 Å². The maximum atomic E-state index is 11.5. The molecular weight excluding hydrogens is 254 g/mol. The molecule has 0 aliphatic carbocycles. The van der Waals surface area contributed by atoms with E-state index in [1.807, 2.05) is 12.1 Å². The summed E-state index contributed by atoms with van der Waals surface area (Å²) in [5.74, 6) is 0.521. The van der Waals surface area contributed by atoms with Gasteiger partial charge in [-0.3, -0.25) is 9.78 Å². The van der Waals surface area contributed by atoms with Crippen LogP contribution >= 0.6 is 0 Å². The summed E-state index contributed by atoms with van der Waals surface area (Å²) in [5, 5.41) is 6.10. The van der Waals surface area contributed by atoms with Crippen molar-refractivity contribution in [3.63, 3.8) is 0 Å². The molecule has 1 amide bonds. The van der Waals surface area contributed by atoms with E-state index in [2.05, 4.69) is 36.4 Å². The number of unbranched alkanes of at least 4 members (excludes halogenated alkanes) is 1. The maximum absolute atomic E-state index is 11.5. The molecule has 0 saturated heterocycles. The van der Waals surface area contributed by atoms with Gasteiger partial charge in [-0.25, -0.2) is 0 Å². The molecule has 1 heterocycles. The monoisotopic (exact) mass is 279 g/mol. The van der Waals surface area contributed by atoms with Gasteiger partial charge in [0, 0.05) is 19.1 Å². The molecule has 0 saturated carbocycles. The van der Waals surface area contributed by atoms with Crippen molar-refractivity contribution in [3.05, 3.63) is 24.0 Å². The zero-order valence-corrected chi connectivity index (χ0v) is 12.6. The smallest absolute Gasteiger partial charge is 0.257 e. The number of amides is 1. The summed E-state index contributed by atoms with van der Waals surface area (Å²) in [7, 11) is 0. The maximum Gasteiger partial charge on any atom is 0.257 e. The zero-order chi connectivity index (χ0) is 14.8. The summed E-state index contributed by atoms with van der Waals surface area (Å²) >= 11 is 0. The summed E-state index contributed by atoms with van der Waals surface area (Å²) in [6.45, 7) is 7.74. The lowest BCUT2D eigenvalue weighted by Crippen LogP contribution is -2.29. The fourth-order valence-corrected chi connectivity index (χ4v) is 1.51. The third-order valence-electron chi connectivity index (χ3n) is 2.71. The normalized spacial score (nSPS) is 10.6. The van der Waals surface area contributed by atoms with E-state index in [1.54, 1.807) is 6.20 Å². The molecular formula is C15H25N3O2. The lowest BCUT2D eigenvalue weighted by atomic mass is 10.3. The Morgan fingerprint density at radius 2 is 2.20 bits per heavy atom. The van der Waals surface area contributed by atoms with Crippen LogP contribution in [0, 0.1) is 0 Å². The fourth-order valence-electron chi connectivity index (χ4n) is 1.51. The van der Waals surface area contributed by atoms with Crippen molar-refractivity contribution < 1.29 is 9.53 Å². The van der Waals surface area contributed by atoms with Crippen LogP contribution in [-0.4, -0.2) is 30.1 Å². The highest BCUT2D eigenvalue weighted by molar-refractivity contribution is 5.77. The summed E-state index contributed by atoms with van der Waals surface area (Å²) < 4.78 is 5.38. The van der Waals surface area contributed by atoms with Gasteiger partial charge in [-0.15, -0.1) is 0 Å². The van der Waals surface area contributed by atoms with Crippen LogP contribution < -0.4 is 15.4 Å². The quantitative estimate of drug-likeness (QED) is 0.677. The van der Waals surface area contributed by atoms with E-state index in [1.165, 1.54) is 0 Å². The first kappa shape index (κ1) is 16.4. The molecule has 0 unspecified atom stereocenters. The Balaban J connectivity index is 2.28. The Morgan fingerprint density at radius 3 is 2.80 bits per heavy atom. The molecule has 5 heteroatoms. The Kier molecular flexibility index (Phi) is 7.65. The van der Waals surface area contributed by atoms with Gasteiger partial charge >= 0.3 is 0 Å². The Morgan fingerprint density at radius 1 is 1.40 bits per heavy atom. The van der Waals surface area contributed by atoms with Gasteiger partial charge in [-0.05, 0) is 18.6 Å². The number of hydrogen-bond acceptors (Lipinski definition) is 4. The van der Waals surface area contributed by atoms with E-state index in [0.717, 1.165) is 25.1 Å². The van der Waals surface area contributed by atoms with Gasteiger partial charge in [0.15, 0.2) is 6.61 Å². The molecule has 0 fully saturated rings. The van der Waals surface area contributed by atoms with Crippen LogP contribution in [-0.2, 0) is 11.3 Å². The van der Waals surface area contributed by atoms with Crippen molar-refractivity contribution in [1.29, 1.82) is 0 Å². The molecule has 0 radical (unpaired) electrons. The van der Waals surface area contributed by atoms with Crippen LogP contribution in [0.3, 0.4) is 0 Å². The topological polar surface area (TPSA) is 63.2 Å². The van der Waals surface area contributed by atoms with Crippen molar-refractivity contribution in [3.8, 4) is 5.75 Å². The summed E-state index contributed by atoms with van der Waals surface area (Å²) in [6, 6.07) is 4.17. The molecule has 0 aliphatic rings. The second-order valence-corrected chi connectivity index (χ2v) is 5.01. The van der Waals surface area contributed by atoms with Crippen molar-refractivity contribution in [2.24, 2.45) is 0 Å². The highest BCUT2D eigenvalue weighted by atomic mass is 16.5. The number of rotatable bonds is 9. The van der Waals surface area contributed by atoms with Gasteiger partial charge in [0.1, 0.15) is 5.75 Å². The molecule has 2 N–H and O–H groups in total. The minimum atomic E-state index is -0.0935. The van der Waals surface area contributed by atoms with Crippen molar-refractivity contribution in [2.75, 3.05) is 13.2 Å². The first-order valence-corrected chi connectivity index (χ1v) is 7.19. The number of nitrogens with one attached hydrogen (secondary N) is 2. The molecule has 0 bridgehead atoms. The minimum Gasteiger partial charge on any atom is -0.482 e. The molecule has 112 valence electrons. The minimum absolute atomic E-state index is 0.0367. The van der Waals surface area contributed by atoms with Crippen molar-refractivity contribution >= 4 is 5.91 Å². The van der Waals surface area contributed by atoms with E-state index in [0.29, 0.717) is 18.3 Å². The summed E-state index contributed by atoms with van der Waals surface area (Å²) in [4.78, 5) is 15.8. The molecule has 0 spiro atoms. The standard InChI is InChI=1S/C15H25N3O2/c1-4-5-8-16-15(19)11-20-14-7-6-13(18-10-14)9-17-12(2)3/h6-7,10,12,17H,4-5,8-9,11H2,1-3H3,(H,16,19). The third kappa shape index (κ3) is 7.09. The molecule has 1 aromatic heterocycles. The fraction of sp³-hybridized carbons (Fsp3) is 0.600. The van der Waals surface area contributed by atoms with E-state index < -0.39 is 0 Å². The van der Waals surface area contributed by atoms with Crippen molar-refractivity contribution in [2.45, 2.75) is 46.2 Å². The van der Waals surface area contributed by atoms with Gasteiger partial charge in [-0.1, -0.05) is 27.2 Å². The number of aromatic nitrogens is 1. The number of carbonyl (C=O) groups is 1.